The van der Waals surface area contributed by atoms with Crippen LogP contribution in [-0.2, 0) is 17.8 Å². The molecule has 0 bridgehead atoms. The molecule has 2 unspecified atom stereocenters. The SMILES string of the molecule is O=C(C1COc2ccccc2O1)N1CCCC1c1nnc2n1CCCCC2. The Morgan fingerprint density at radius 1 is 1.04 bits per heavy atom. The van der Waals surface area contributed by atoms with Gasteiger partial charge in [-0.2, -0.15) is 0 Å². The van der Waals surface area contributed by atoms with E-state index < -0.39 is 6.10 Å². The average Bonchev–Trinajstić information content (AvgIpc) is 3.27. The highest BCUT2D eigenvalue weighted by Crippen LogP contribution is 2.35. The molecule has 1 aromatic heterocycles. The number of hydrogen-bond acceptors (Lipinski definition) is 5. The monoisotopic (exact) mass is 368 g/mol. The van der Waals surface area contributed by atoms with Crippen LogP contribution in [0, 0.1) is 0 Å². The second-order valence-corrected chi connectivity index (χ2v) is 7.49. The number of nitrogens with zero attached hydrogens (tertiary/aromatic N) is 4. The number of carbonyl (C=O) groups excluding carboxylic acids is 1. The van der Waals surface area contributed by atoms with Gasteiger partial charge in [0.25, 0.3) is 5.91 Å². The number of hydrogen-bond donors (Lipinski definition) is 0. The molecule has 2 aromatic rings. The lowest BCUT2D eigenvalue weighted by atomic mass is 10.2. The molecule has 1 amide bonds. The Morgan fingerprint density at radius 3 is 2.85 bits per heavy atom. The van der Waals surface area contributed by atoms with E-state index >= 15 is 0 Å². The number of amides is 1. The Morgan fingerprint density at radius 2 is 1.93 bits per heavy atom. The van der Waals surface area contributed by atoms with Gasteiger partial charge in [0.1, 0.15) is 12.4 Å². The minimum atomic E-state index is -0.605. The van der Waals surface area contributed by atoms with Crippen LogP contribution in [-0.4, -0.2) is 44.8 Å². The van der Waals surface area contributed by atoms with Gasteiger partial charge in [-0.3, -0.25) is 4.79 Å². The van der Waals surface area contributed by atoms with Crippen LogP contribution < -0.4 is 9.47 Å². The molecular formula is C20H24N4O3. The molecule has 3 aliphatic rings. The van der Waals surface area contributed by atoms with Gasteiger partial charge in [-0.1, -0.05) is 18.6 Å². The van der Waals surface area contributed by atoms with Gasteiger partial charge in [-0.15, -0.1) is 10.2 Å². The molecule has 0 aliphatic carbocycles. The molecule has 4 heterocycles. The number of fused-ring (bicyclic) bond motifs is 2. The Kier molecular flexibility index (Phi) is 4.22. The number of para-hydroxylation sites is 2. The van der Waals surface area contributed by atoms with E-state index in [-0.39, 0.29) is 18.6 Å². The van der Waals surface area contributed by atoms with Crippen molar-refractivity contribution in [2.24, 2.45) is 0 Å². The Bertz CT molecular complexity index is 850. The van der Waals surface area contributed by atoms with Crippen molar-refractivity contribution < 1.29 is 14.3 Å². The first-order valence-electron chi connectivity index (χ1n) is 9.92. The van der Waals surface area contributed by atoms with E-state index in [1.807, 2.05) is 29.2 Å². The fourth-order valence-electron chi connectivity index (χ4n) is 4.38. The van der Waals surface area contributed by atoms with Crippen LogP contribution in [0.25, 0.3) is 0 Å². The summed E-state index contributed by atoms with van der Waals surface area (Å²) in [5.74, 6) is 3.32. The lowest BCUT2D eigenvalue weighted by molar-refractivity contribution is -0.142. The Balaban J connectivity index is 1.37. The molecule has 3 aliphatic heterocycles. The summed E-state index contributed by atoms with van der Waals surface area (Å²) in [4.78, 5) is 15.1. The van der Waals surface area contributed by atoms with Crippen LogP contribution >= 0.6 is 0 Å². The van der Waals surface area contributed by atoms with Crippen LogP contribution in [0.1, 0.15) is 49.8 Å². The molecule has 0 spiro atoms. The molecule has 2 atom stereocenters. The normalized spacial score (nSPS) is 24.4. The topological polar surface area (TPSA) is 69.5 Å². The molecule has 142 valence electrons. The van der Waals surface area contributed by atoms with Crippen molar-refractivity contribution in [2.75, 3.05) is 13.2 Å². The zero-order chi connectivity index (χ0) is 18.2. The van der Waals surface area contributed by atoms with E-state index in [2.05, 4.69) is 14.8 Å². The van der Waals surface area contributed by atoms with Crippen molar-refractivity contribution in [1.82, 2.24) is 19.7 Å². The number of likely N-dealkylation sites (tertiary alicyclic amines) is 1. The molecule has 7 heteroatoms. The summed E-state index contributed by atoms with van der Waals surface area (Å²) in [6, 6.07) is 7.48. The first kappa shape index (κ1) is 16.6. The lowest BCUT2D eigenvalue weighted by Gasteiger charge is -2.31. The van der Waals surface area contributed by atoms with Gasteiger partial charge in [0.05, 0.1) is 6.04 Å². The average molecular weight is 368 g/mol. The minimum Gasteiger partial charge on any atom is -0.485 e. The highest BCUT2D eigenvalue weighted by atomic mass is 16.6. The lowest BCUT2D eigenvalue weighted by Crippen LogP contribution is -2.46. The summed E-state index contributed by atoms with van der Waals surface area (Å²) in [6.07, 6.45) is 5.81. The van der Waals surface area contributed by atoms with Crippen LogP contribution in [0.2, 0.25) is 0 Å². The summed E-state index contributed by atoms with van der Waals surface area (Å²) in [5, 5.41) is 8.90. The van der Waals surface area contributed by atoms with Gasteiger partial charge < -0.3 is 18.9 Å². The zero-order valence-corrected chi connectivity index (χ0v) is 15.3. The standard InChI is InChI=1S/C20H24N4O3/c25-20(17-13-26-15-8-3-4-9-16(15)27-17)23-12-6-7-14(23)19-22-21-18-10-2-1-5-11-24(18)19/h3-4,8-9,14,17H,1-2,5-7,10-13H2. The Hall–Kier alpha value is -2.57. The number of aromatic nitrogens is 3. The van der Waals surface area contributed by atoms with Gasteiger partial charge >= 0.3 is 0 Å². The van der Waals surface area contributed by atoms with E-state index in [0.717, 1.165) is 56.8 Å². The van der Waals surface area contributed by atoms with Crippen LogP contribution in [0.4, 0.5) is 0 Å². The summed E-state index contributed by atoms with van der Waals surface area (Å²) >= 11 is 0. The fourth-order valence-corrected chi connectivity index (χ4v) is 4.38. The third-order valence-corrected chi connectivity index (χ3v) is 5.76. The van der Waals surface area contributed by atoms with Crippen molar-refractivity contribution in [1.29, 1.82) is 0 Å². The summed E-state index contributed by atoms with van der Waals surface area (Å²) in [7, 11) is 0. The van der Waals surface area contributed by atoms with Crippen LogP contribution in [0.15, 0.2) is 24.3 Å². The van der Waals surface area contributed by atoms with Gasteiger partial charge in [-0.25, -0.2) is 0 Å². The predicted octanol–water partition coefficient (Wildman–Crippen LogP) is 2.51. The molecule has 0 radical (unpaired) electrons. The van der Waals surface area contributed by atoms with Gasteiger partial charge in [0, 0.05) is 19.5 Å². The smallest absolute Gasteiger partial charge is 0.267 e. The highest BCUT2D eigenvalue weighted by molar-refractivity contribution is 5.82. The second kappa shape index (κ2) is 6.87. The first-order chi connectivity index (χ1) is 13.3. The maximum Gasteiger partial charge on any atom is 0.267 e. The fraction of sp³-hybridized carbons (Fsp3) is 0.550. The zero-order valence-electron chi connectivity index (χ0n) is 15.3. The number of carbonyl (C=O) groups is 1. The molecule has 1 aromatic carbocycles. The number of rotatable bonds is 2. The summed E-state index contributed by atoms with van der Waals surface area (Å²) < 4.78 is 13.9. The number of aryl methyl sites for hydroxylation is 1. The quantitative estimate of drug-likeness (QED) is 0.815. The van der Waals surface area contributed by atoms with Gasteiger partial charge in [0.2, 0.25) is 6.10 Å². The predicted molar refractivity (Wildman–Crippen MR) is 97.6 cm³/mol. The molecule has 27 heavy (non-hydrogen) atoms. The maximum absolute atomic E-state index is 13.2. The number of benzene rings is 1. The third-order valence-electron chi connectivity index (χ3n) is 5.76. The van der Waals surface area contributed by atoms with Gasteiger partial charge in [0.15, 0.2) is 17.3 Å². The van der Waals surface area contributed by atoms with Crippen LogP contribution in [0.5, 0.6) is 11.5 Å². The largest absolute Gasteiger partial charge is 0.485 e. The molecule has 1 saturated heterocycles. The highest BCUT2D eigenvalue weighted by Gasteiger charge is 2.39. The van der Waals surface area contributed by atoms with E-state index in [9.17, 15) is 4.79 Å². The van der Waals surface area contributed by atoms with Crippen LogP contribution in [0.3, 0.4) is 0 Å². The molecule has 5 rings (SSSR count). The second-order valence-electron chi connectivity index (χ2n) is 7.49. The van der Waals surface area contributed by atoms with E-state index in [0.29, 0.717) is 11.5 Å². The molecule has 7 nitrogen and oxygen atoms in total. The van der Waals surface area contributed by atoms with E-state index in [1.165, 1.54) is 6.42 Å². The summed E-state index contributed by atoms with van der Waals surface area (Å²) in [6.45, 7) is 1.93. The molecular weight excluding hydrogens is 344 g/mol. The Labute approximate surface area is 158 Å². The third kappa shape index (κ3) is 2.95. The van der Waals surface area contributed by atoms with Crippen molar-refractivity contribution >= 4 is 5.91 Å². The van der Waals surface area contributed by atoms with Crippen molar-refractivity contribution in [3.8, 4) is 11.5 Å². The van der Waals surface area contributed by atoms with Crippen molar-refractivity contribution in [2.45, 2.75) is 57.2 Å². The van der Waals surface area contributed by atoms with E-state index in [4.69, 9.17) is 9.47 Å². The molecule has 1 fully saturated rings. The van der Waals surface area contributed by atoms with Crippen molar-refractivity contribution in [3.63, 3.8) is 0 Å². The number of ether oxygens (including phenoxy) is 2. The molecule has 0 N–H and O–H groups in total. The summed E-state index contributed by atoms with van der Waals surface area (Å²) in [5.41, 5.74) is 0. The first-order valence-corrected chi connectivity index (χ1v) is 9.92. The van der Waals surface area contributed by atoms with Gasteiger partial charge in [-0.05, 0) is 37.8 Å². The van der Waals surface area contributed by atoms with E-state index in [1.54, 1.807) is 0 Å². The minimum absolute atomic E-state index is 0.0158. The van der Waals surface area contributed by atoms with Crippen molar-refractivity contribution in [3.05, 3.63) is 35.9 Å². The molecule has 0 saturated carbocycles. The maximum atomic E-state index is 13.2.